The van der Waals surface area contributed by atoms with Crippen LogP contribution >= 0.6 is 0 Å². The Bertz CT molecular complexity index is 766. The van der Waals surface area contributed by atoms with Gasteiger partial charge in [0.15, 0.2) is 5.69 Å². The second-order valence-electron chi connectivity index (χ2n) is 6.95. The van der Waals surface area contributed by atoms with Crippen molar-refractivity contribution in [3.05, 3.63) is 41.4 Å². The molecule has 2 aromatic heterocycles. The van der Waals surface area contributed by atoms with E-state index in [2.05, 4.69) is 15.5 Å². The van der Waals surface area contributed by atoms with Crippen molar-refractivity contribution in [2.45, 2.75) is 38.9 Å². The van der Waals surface area contributed by atoms with Gasteiger partial charge in [0, 0.05) is 29.8 Å². The Labute approximate surface area is 151 Å². The van der Waals surface area contributed by atoms with Crippen LogP contribution in [0.2, 0.25) is 0 Å². The van der Waals surface area contributed by atoms with Crippen LogP contribution in [0.3, 0.4) is 0 Å². The van der Waals surface area contributed by atoms with Gasteiger partial charge < -0.3 is 24.8 Å². The van der Waals surface area contributed by atoms with E-state index in [4.69, 9.17) is 9.26 Å². The van der Waals surface area contributed by atoms with Crippen LogP contribution < -0.4 is 10.1 Å². The van der Waals surface area contributed by atoms with E-state index in [0.717, 1.165) is 5.69 Å². The molecule has 26 heavy (non-hydrogen) atoms. The van der Waals surface area contributed by atoms with Gasteiger partial charge in [-0.05, 0) is 32.8 Å². The Morgan fingerprint density at radius 3 is 2.69 bits per heavy atom. The lowest BCUT2D eigenvalue weighted by atomic mass is 9.86. The van der Waals surface area contributed by atoms with E-state index in [0.29, 0.717) is 24.5 Å². The van der Waals surface area contributed by atoms with Crippen molar-refractivity contribution >= 4 is 5.91 Å². The molecule has 3 atom stereocenters. The van der Waals surface area contributed by atoms with Gasteiger partial charge >= 0.3 is 0 Å². The third kappa shape index (κ3) is 4.20. The summed E-state index contributed by atoms with van der Waals surface area (Å²) in [6.07, 6.45) is -1.07. The van der Waals surface area contributed by atoms with E-state index in [9.17, 15) is 15.0 Å². The summed E-state index contributed by atoms with van der Waals surface area (Å²) in [7, 11) is 0. The van der Waals surface area contributed by atoms with Crippen molar-refractivity contribution in [2.24, 2.45) is 5.41 Å². The smallest absolute Gasteiger partial charge is 0.273 e. The monoisotopic (exact) mass is 361 g/mol. The highest BCUT2D eigenvalue weighted by Gasteiger charge is 2.45. The molecule has 0 spiro atoms. The number of aliphatic hydroxyl groups is 2. The zero-order chi connectivity index (χ0) is 18.7. The Kier molecular flexibility index (Phi) is 5.24. The molecular formula is C18H23N3O5. The topological polar surface area (TPSA) is 118 Å². The third-order valence-electron chi connectivity index (χ3n) is 4.60. The van der Waals surface area contributed by atoms with Crippen LogP contribution in [0.25, 0.3) is 0 Å². The van der Waals surface area contributed by atoms with Gasteiger partial charge in [-0.3, -0.25) is 4.79 Å². The predicted molar refractivity (Wildman–Crippen MR) is 91.7 cm³/mol. The molecule has 0 bridgehead atoms. The minimum Gasteiger partial charge on any atom is -0.477 e. The van der Waals surface area contributed by atoms with Gasteiger partial charge in [0.05, 0.1) is 18.8 Å². The number of hydrogen-bond donors (Lipinski definition) is 3. The predicted octanol–water partition coefficient (Wildman–Crippen LogP) is 0.997. The average molecular weight is 361 g/mol. The normalized spacial score (nSPS) is 25.2. The zero-order valence-corrected chi connectivity index (χ0v) is 14.8. The molecular weight excluding hydrogens is 338 g/mol. The van der Waals surface area contributed by atoms with Gasteiger partial charge in [-0.15, -0.1) is 0 Å². The van der Waals surface area contributed by atoms with Crippen molar-refractivity contribution in [2.75, 3.05) is 13.2 Å². The Morgan fingerprint density at radius 2 is 2.08 bits per heavy atom. The molecule has 3 rings (SSSR count). The summed E-state index contributed by atoms with van der Waals surface area (Å²) >= 11 is 0. The van der Waals surface area contributed by atoms with E-state index in [1.165, 1.54) is 0 Å². The number of nitrogens with one attached hydrogen (secondary N) is 1. The van der Waals surface area contributed by atoms with Crippen molar-refractivity contribution in [3.63, 3.8) is 0 Å². The van der Waals surface area contributed by atoms with Crippen LogP contribution in [0.1, 0.15) is 34.8 Å². The van der Waals surface area contributed by atoms with Crippen LogP contribution in [0.5, 0.6) is 5.88 Å². The number of pyridine rings is 1. The van der Waals surface area contributed by atoms with E-state index in [-0.39, 0.29) is 24.8 Å². The lowest BCUT2D eigenvalue weighted by Crippen LogP contribution is -2.40. The highest BCUT2D eigenvalue weighted by atomic mass is 16.5. The van der Waals surface area contributed by atoms with E-state index in [1.54, 1.807) is 19.1 Å². The van der Waals surface area contributed by atoms with Crippen LogP contribution in [-0.4, -0.2) is 51.6 Å². The summed E-state index contributed by atoms with van der Waals surface area (Å²) in [5, 5.41) is 26.5. The maximum atomic E-state index is 12.2. The van der Waals surface area contributed by atoms with E-state index in [1.807, 2.05) is 19.1 Å². The molecule has 0 saturated heterocycles. The first-order valence-corrected chi connectivity index (χ1v) is 8.51. The van der Waals surface area contributed by atoms with Gasteiger partial charge in [0.1, 0.15) is 5.76 Å². The van der Waals surface area contributed by atoms with Crippen LogP contribution in [0.15, 0.2) is 28.8 Å². The summed E-state index contributed by atoms with van der Waals surface area (Å²) < 4.78 is 10.7. The van der Waals surface area contributed by atoms with Gasteiger partial charge in [0.2, 0.25) is 5.88 Å². The fourth-order valence-electron chi connectivity index (χ4n) is 3.21. The lowest BCUT2D eigenvalue weighted by molar-refractivity contribution is 0.0438. The molecule has 1 aliphatic rings. The standard InChI is InChI=1S/C18H23N3O5/c1-11-4-3-5-16(20-11)25-10-18(7-14(22)15(23)8-18)9-19-17(24)13-6-12(2)26-21-13/h3-6,14-15,22-23H,7-10H2,1-2H3,(H,19,24)/t14-,15+,18?. The summed E-state index contributed by atoms with van der Waals surface area (Å²) in [5.41, 5.74) is 0.425. The molecule has 0 aliphatic heterocycles. The van der Waals surface area contributed by atoms with E-state index >= 15 is 0 Å². The number of aryl methyl sites for hydroxylation is 2. The second kappa shape index (κ2) is 7.43. The minimum atomic E-state index is -0.852. The highest BCUT2D eigenvalue weighted by Crippen LogP contribution is 2.38. The summed E-state index contributed by atoms with van der Waals surface area (Å²) in [5.74, 6) is 0.648. The summed E-state index contributed by atoms with van der Waals surface area (Å²) in [6.45, 7) is 4.02. The molecule has 0 aromatic carbocycles. The van der Waals surface area contributed by atoms with Crippen molar-refractivity contribution in [3.8, 4) is 5.88 Å². The fourth-order valence-corrected chi connectivity index (χ4v) is 3.21. The SMILES string of the molecule is Cc1cccc(OCC2(CNC(=O)c3cc(C)on3)C[C@@H](O)[C@@H](O)C2)n1. The van der Waals surface area contributed by atoms with Crippen LogP contribution in [0, 0.1) is 19.3 Å². The van der Waals surface area contributed by atoms with Gasteiger partial charge in [-0.2, -0.15) is 0 Å². The van der Waals surface area contributed by atoms with Crippen molar-refractivity contribution in [1.29, 1.82) is 0 Å². The molecule has 8 nitrogen and oxygen atoms in total. The summed E-state index contributed by atoms with van der Waals surface area (Å²) in [6, 6.07) is 7.01. The first-order chi connectivity index (χ1) is 12.4. The number of ether oxygens (including phenoxy) is 1. The van der Waals surface area contributed by atoms with Gasteiger partial charge in [-0.1, -0.05) is 11.2 Å². The van der Waals surface area contributed by atoms with Crippen LogP contribution in [0.4, 0.5) is 0 Å². The molecule has 2 aromatic rings. The molecule has 3 N–H and O–H groups in total. The Morgan fingerprint density at radius 1 is 1.35 bits per heavy atom. The maximum Gasteiger partial charge on any atom is 0.273 e. The molecule has 1 fully saturated rings. The molecule has 1 amide bonds. The number of rotatable bonds is 6. The first-order valence-electron chi connectivity index (χ1n) is 8.51. The largest absolute Gasteiger partial charge is 0.477 e. The number of aromatic nitrogens is 2. The molecule has 1 unspecified atom stereocenters. The number of carbonyl (C=O) groups excluding carboxylic acids is 1. The van der Waals surface area contributed by atoms with Gasteiger partial charge in [0.25, 0.3) is 5.91 Å². The molecule has 8 heteroatoms. The number of hydrogen-bond acceptors (Lipinski definition) is 7. The number of carbonyl (C=O) groups is 1. The van der Waals surface area contributed by atoms with Gasteiger partial charge in [-0.25, -0.2) is 4.98 Å². The van der Waals surface area contributed by atoms with Crippen LogP contribution in [-0.2, 0) is 0 Å². The summed E-state index contributed by atoms with van der Waals surface area (Å²) in [4.78, 5) is 16.5. The Balaban J connectivity index is 1.67. The van der Waals surface area contributed by atoms with E-state index < -0.39 is 17.6 Å². The fraction of sp³-hybridized carbons (Fsp3) is 0.500. The molecule has 2 heterocycles. The van der Waals surface area contributed by atoms with Crippen molar-refractivity contribution in [1.82, 2.24) is 15.5 Å². The molecule has 140 valence electrons. The third-order valence-corrected chi connectivity index (χ3v) is 4.60. The highest BCUT2D eigenvalue weighted by molar-refractivity contribution is 5.92. The molecule has 1 saturated carbocycles. The molecule has 0 radical (unpaired) electrons. The Hall–Kier alpha value is -2.45. The first kappa shape index (κ1) is 18.3. The average Bonchev–Trinajstić information content (AvgIpc) is 3.15. The quantitative estimate of drug-likeness (QED) is 0.702. The number of aliphatic hydroxyl groups excluding tert-OH is 2. The number of nitrogens with zero attached hydrogens (tertiary/aromatic N) is 2. The second-order valence-corrected chi connectivity index (χ2v) is 6.95. The lowest BCUT2D eigenvalue weighted by Gasteiger charge is -2.28. The minimum absolute atomic E-state index is 0.193. The molecule has 1 aliphatic carbocycles. The maximum absolute atomic E-state index is 12.2. The number of amides is 1. The zero-order valence-electron chi connectivity index (χ0n) is 14.8. The van der Waals surface area contributed by atoms with Crippen molar-refractivity contribution < 1.29 is 24.3 Å².